The Bertz CT molecular complexity index is 295. The van der Waals surface area contributed by atoms with E-state index < -0.39 is 28.5 Å². The lowest BCUT2D eigenvalue weighted by Gasteiger charge is -2.28. The molecule has 0 unspecified atom stereocenters. The van der Waals surface area contributed by atoms with Gasteiger partial charge < -0.3 is 0 Å². The molecule has 1 saturated carbocycles. The molecule has 1 aliphatic carbocycles. The molecule has 0 aromatic carbocycles. The van der Waals surface area contributed by atoms with Crippen molar-refractivity contribution in [1.29, 1.82) is 0 Å². The molecule has 4 nitrogen and oxygen atoms in total. The van der Waals surface area contributed by atoms with Gasteiger partial charge >= 0.3 is 0 Å². The van der Waals surface area contributed by atoms with Gasteiger partial charge in [0.1, 0.15) is 0 Å². The Kier molecular flexibility index (Phi) is 2.64. The highest BCUT2D eigenvalue weighted by Gasteiger charge is 2.54. The maximum absolute atomic E-state index is 11.5. The molecule has 0 amide bonds. The number of rotatable bonds is 2. The third kappa shape index (κ3) is 1.22. The van der Waals surface area contributed by atoms with Gasteiger partial charge in [0.15, 0.2) is 23.1 Å². The first-order chi connectivity index (χ1) is 6.44. The molecule has 0 atom stereocenters. The molecule has 0 N–H and O–H groups in total. The Hall–Kier alpha value is -1.32. The van der Waals surface area contributed by atoms with E-state index in [1.807, 2.05) is 0 Å². The van der Waals surface area contributed by atoms with Crippen LogP contribution >= 0.6 is 0 Å². The minimum absolute atomic E-state index is 0.144. The van der Waals surface area contributed by atoms with E-state index in [2.05, 4.69) is 0 Å². The molecule has 0 aliphatic heterocycles. The quantitative estimate of drug-likeness (QED) is 0.602. The Morgan fingerprint density at radius 2 is 1.36 bits per heavy atom. The third-order valence-electron chi connectivity index (χ3n) is 2.70. The van der Waals surface area contributed by atoms with E-state index in [0.717, 1.165) is 13.8 Å². The standard InChI is InChI=1S/C10H12O4/c1-6(11)10(7(2)12)8(13)4-3-5-9(10)14/h3-5H2,1-2H3. The molecule has 0 radical (unpaired) electrons. The van der Waals surface area contributed by atoms with Crippen LogP contribution in [0, 0.1) is 5.41 Å². The summed E-state index contributed by atoms with van der Waals surface area (Å²) in [6.45, 7) is 2.26. The number of hydrogen-bond acceptors (Lipinski definition) is 4. The van der Waals surface area contributed by atoms with Crippen molar-refractivity contribution in [2.24, 2.45) is 5.41 Å². The lowest BCUT2D eigenvalue weighted by Crippen LogP contribution is -2.52. The highest BCUT2D eigenvalue weighted by molar-refractivity contribution is 6.38. The van der Waals surface area contributed by atoms with Crippen LogP contribution in [0.5, 0.6) is 0 Å². The van der Waals surface area contributed by atoms with E-state index in [-0.39, 0.29) is 12.8 Å². The smallest absolute Gasteiger partial charge is 0.202 e. The van der Waals surface area contributed by atoms with E-state index in [0.29, 0.717) is 6.42 Å². The predicted octanol–water partition coefficient (Wildman–Crippen LogP) is 0.473. The Labute approximate surface area is 81.7 Å². The summed E-state index contributed by atoms with van der Waals surface area (Å²) >= 11 is 0. The highest BCUT2D eigenvalue weighted by atomic mass is 16.2. The molecule has 14 heavy (non-hydrogen) atoms. The number of carbonyl (C=O) groups excluding carboxylic acids is 4. The second kappa shape index (κ2) is 3.44. The minimum Gasteiger partial charge on any atom is -0.298 e. The lowest BCUT2D eigenvalue weighted by atomic mass is 9.67. The SMILES string of the molecule is CC(=O)C1(C(C)=O)C(=O)CCCC1=O. The number of ketones is 4. The topological polar surface area (TPSA) is 68.3 Å². The van der Waals surface area contributed by atoms with E-state index in [4.69, 9.17) is 0 Å². The number of carbonyl (C=O) groups is 4. The van der Waals surface area contributed by atoms with Gasteiger partial charge in [-0.05, 0) is 20.3 Å². The van der Waals surface area contributed by atoms with Crippen LogP contribution in [0.25, 0.3) is 0 Å². The minimum atomic E-state index is -1.96. The normalized spacial score (nSPS) is 20.7. The Balaban J connectivity index is 3.29. The van der Waals surface area contributed by atoms with Gasteiger partial charge in [0.25, 0.3) is 0 Å². The van der Waals surface area contributed by atoms with Crippen LogP contribution in [0.4, 0.5) is 0 Å². The Morgan fingerprint density at radius 3 is 1.57 bits per heavy atom. The van der Waals surface area contributed by atoms with Gasteiger partial charge in [0.2, 0.25) is 5.41 Å². The average molecular weight is 196 g/mol. The summed E-state index contributed by atoms with van der Waals surface area (Å²) in [4.78, 5) is 45.7. The van der Waals surface area contributed by atoms with Crippen molar-refractivity contribution in [3.05, 3.63) is 0 Å². The van der Waals surface area contributed by atoms with Crippen molar-refractivity contribution >= 4 is 23.1 Å². The maximum atomic E-state index is 11.5. The van der Waals surface area contributed by atoms with Crippen molar-refractivity contribution in [2.75, 3.05) is 0 Å². The second-order valence-electron chi connectivity index (χ2n) is 3.56. The predicted molar refractivity (Wildman–Crippen MR) is 47.7 cm³/mol. The summed E-state index contributed by atoms with van der Waals surface area (Å²) < 4.78 is 0. The van der Waals surface area contributed by atoms with Crippen molar-refractivity contribution in [2.45, 2.75) is 33.1 Å². The molecule has 0 aromatic rings. The number of hydrogen-bond donors (Lipinski definition) is 0. The monoisotopic (exact) mass is 196 g/mol. The van der Waals surface area contributed by atoms with Gasteiger partial charge in [0.05, 0.1) is 0 Å². The van der Waals surface area contributed by atoms with Crippen molar-refractivity contribution in [3.63, 3.8) is 0 Å². The first-order valence-electron chi connectivity index (χ1n) is 4.52. The van der Waals surface area contributed by atoms with Crippen molar-refractivity contribution in [3.8, 4) is 0 Å². The van der Waals surface area contributed by atoms with Crippen LogP contribution in [0.15, 0.2) is 0 Å². The molecule has 1 rings (SSSR count). The largest absolute Gasteiger partial charge is 0.298 e. The van der Waals surface area contributed by atoms with Crippen LogP contribution in [-0.2, 0) is 19.2 Å². The maximum Gasteiger partial charge on any atom is 0.202 e. The summed E-state index contributed by atoms with van der Waals surface area (Å²) in [6, 6.07) is 0. The zero-order chi connectivity index (χ0) is 10.9. The second-order valence-corrected chi connectivity index (χ2v) is 3.56. The molecule has 0 spiro atoms. The van der Waals surface area contributed by atoms with Crippen molar-refractivity contribution in [1.82, 2.24) is 0 Å². The summed E-state index contributed by atoms with van der Waals surface area (Å²) in [6.07, 6.45) is 0.732. The molecule has 4 heteroatoms. The molecular formula is C10H12O4. The lowest BCUT2D eigenvalue weighted by molar-refractivity contribution is -0.155. The average Bonchev–Trinajstić information content (AvgIpc) is 2.02. The van der Waals surface area contributed by atoms with E-state index in [1.54, 1.807) is 0 Å². The Morgan fingerprint density at radius 1 is 1.00 bits per heavy atom. The molecule has 0 bridgehead atoms. The molecule has 0 heterocycles. The van der Waals surface area contributed by atoms with Gasteiger partial charge in [-0.25, -0.2) is 0 Å². The summed E-state index contributed by atoms with van der Waals surface area (Å²) in [5, 5.41) is 0. The van der Waals surface area contributed by atoms with Gasteiger partial charge in [0, 0.05) is 12.8 Å². The van der Waals surface area contributed by atoms with Crippen LogP contribution < -0.4 is 0 Å². The van der Waals surface area contributed by atoms with Crippen LogP contribution in [0.1, 0.15) is 33.1 Å². The van der Waals surface area contributed by atoms with Crippen molar-refractivity contribution < 1.29 is 19.2 Å². The molecule has 0 saturated heterocycles. The van der Waals surface area contributed by atoms with E-state index >= 15 is 0 Å². The molecule has 1 aliphatic rings. The van der Waals surface area contributed by atoms with Gasteiger partial charge in [-0.3, -0.25) is 19.2 Å². The van der Waals surface area contributed by atoms with E-state index in [1.165, 1.54) is 0 Å². The van der Waals surface area contributed by atoms with Gasteiger partial charge in [-0.2, -0.15) is 0 Å². The third-order valence-corrected chi connectivity index (χ3v) is 2.70. The summed E-state index contributed by atoms with van der Waals surface area (Å²) in [7, 11) is 0. The molecule has 0 aromatic heterocycles. The fourth-order valence-electron chi connectivity index (χ4n) is 1.97. The van der Waals surface area contributed by atoms with Crippen LogP contribution in [0.3, 0.4) is 0 Å². The first-order valence-corrected chi connectivity index (χ1v) is 4.52. The van der Waals surface area contributed by atoms with Gasteiger partial charge in [-0.15, -0.1) is 0 Å². The summed E-state index contributed by atoms with van der Waals surface area (Å²) in [5.74, 6) is -2.35. The summed E-state index contributed by atoms with van der Waals surface area (Å²) in [5.41, 5.74) is -1.96. The zero-order valence-electron chi connectivity index (χ0n) is 8.25. The highest BCUT2D eigenvalue weighted by Crippen LogP contribution is 2.32. The molecule has 1 fully saturated rings. The molecule has 76 valence electrons. The first kappa shape index (κ1) is 10.8. The van der Waals surface area contributed by atoms with E-state index in [9.17, 15) is 19.2 Å². The molecular weight excluding hydrogens is 184 g/mol. The van der Waals surface area contributed by atoms with Crippen LogP contribution in [-0.4, -0.2) is 23.1 Å². The fraction of sp³-hybridized carbons (Fsp3) is 0.600. The van der Waals surface area contributed by atoms with Gasteiger partial charge in [-0.1, -0.05) is 0 Å². The fourth-order valence-corrected chi connectivity index (χ4v) is 1.97. The zero-order valence-corrected chi connectivity index (χ0v) is 8.25. The number of Topliss-reactive ketones (excluding diaryl/α,β-unsaturated/α-hetero) is 4. The van der Waals surface area contributed by atoms with Crippen LogP contribution in [0.2, 0.25) is 0 Å².